The highest BCUT2D eigenvalue weighted by Crippen LogP contribution is 2.33. The van der Waals surface area contributed by atoms with E-state index in [1.54, 1.807) is 0 Å². The molecule has 0 aliphatic carbocycles. The van der Waals surface area contributed by atoms with Gasteiger partial charge in [-0.15, -0.1) is 0 Å². The van der Waals surface area contributed by atoms with E-state index in [0.29, 0.717) is 0 Å². The Balaban J connectivity index is 2.77. The first-order valence-electron chi connectivity index (χ1n) is 4.74. The molecule has 0 radical (unpaired) electrons. The van der Waals surface area contributed by atoms with Crippen molar-refractivity contribution in [3.63, 3.8) is 0 Å². The van der Waals surface area contributed by atoms with Gasteiger partial charge in [0.2, 0.25) is 0 Å². The number of anilines is 1. The summed E-state index contributed by atoms with van der Waals surface area (Å²) < 4.78 is 36.9. The zero-order chi connectivity index (χ0) is 13.1. The minimum Gasteiger partial charge on any atom is -0.394 e. The molecule has 3 nitrogen and oxygen atoms in total. The molecule has 1 aromatic rings. The van der Waals surface area contributed by atoms with E-state index in [1.807, 2.05) is 0 Å². The summed E-state index contributed by atoms with van der Waals surface area (Å²) in [5.74, 6) is 0. The van der Waals surface area contributed by atoms with Crippen molar-refractivity contribution < 1.29 is 23.4 Å². The highest BCUT2D eigenvalue weighted by molar-refractivity contribution is 6.33. The molecule has 7 heteroatoms. The van der Waals surface area contributed by atoms with Crippen molar-refractivity contribution in [1.29, 1.82) is 0 Å². The molecule has 3 N–H and O–H groups in total. The van der Waals surface area contributed by atoms with Crippen LogP contribution in [0.3, 0.4) is 0 Å². The van der Waals surface area contributed by atoms with Crippen molar-refractivity contribution in [1.82, 2.24) is 0 Å². The molecule has 1 atom stereocenters. The molecule has 0 heterocycles. The van der Waals surface area contributed by atoms with Crippen LogP contribution in [0.1, 0.15) is 5.56 Å². The van der Waals surface area contributed by atoms with Crippen LogP contribution < -0.4 is 5.32 Å². The maximum Gasteiger partial charge on any atom is 0.416 e. The fraction of sp³-hybridized carbons (Fsp3) is 0.400. The molecule has 0 unspecified atom stereocenters. The van der Waals surface area contributed by atoms with Gasteiger partial charge in [-0.1, -0.05) is 11.6 Å². The number of alkyl halides is 3. The van der Waals surface area contributed by atoms with Crippen molar-refractivity contribution in [3.05, 3.63) is 28.8 Å². The van der Waals surface area contributed by atoms with Crippen LogP contribution in [-0.4, -0.2) is 29.5 Å². The van der Waals surface area contributed by atoms with Crippen LogP contribution in [-0.2, 0) is 6.18 Å². The third kappa shape index (κ3) is 4.07. The van der Waals surface area contributed by atoms with Gasteiger partial charge in [0.15, 0.2) is 0 Å². The highest BCUT2D eigenvalue weighted by atomic mass is 35.5. The summed E-state index contributed by atoms with van der Waals surface area (Å²) in [6.45, 7) is -0.438. The maximum atomic E-state index is 12.3. The Hall–Kier alpha value is -0.980. The topological polar surface area (TPSA) is 52.5 Å². The van der Waals surface area contributed by atoms with Crippen LogP contribution in [0.5, 0.6) is 0 Å². The van der Waals surface area contributed by atoms with Crippen molar-refractivity contribution >= 4 is 17.3 Å². The number of hydrogen-bond acceptors (Lipinski definition) is 3. The normalized spacial score (nSPS) is 13.5. The van der Waals surface area contributed by atoms with Crippen LogP contribution in [0, 0.1) is 0 Å². The molecular weight excluding hydrogens is 259 g/mol. The Kier molecular flexibility index (Phi) is 4.62. The van der Waals surface area contributed by atoms with Crippen molar-refractivity contribution in [2.24, 2.45) is 0 Å². The Morgan fingerprint density at radius 2 is 2.00 bits per heavy atom. The predicted octanol–water partition coefficient (Wildman–Crippen LogP) is 2.12. The van der Waals surface area contributed by atoms with Gasteiger partial charge in [-0.25, -0.2) is 0 Å². The number of rotatable bonds is 4. The molecule has 0 aromatic heterocycles. The van der Waals surface area contributed by atoms with Gasteiger partial charge in [0.05, 0.1) is 29.0 Å². The molecule has 0 saturated heterocycles. The molecule has 1 rings (SSSR count). The number of benzene rings is 1. The summed E-state index contributed by atoms with van der Waals surface area (Å²) in [6.07, 6.45) is -5.43. The maximum absolute atomic E-state index is 12.3. The standard InChI is InChI=1S/C10H11ClF3NO2/c11-8-3-6(10(12,13)14)1-2-9(8)15-4-7(17)5-16/h1-3,7,15-17H,4-5H2/t7-/m0/s1. The van der Waals surface area contributed by atoms with Crippen LogP contribution >= 0.6 is 11.6 Å². The SMILES string of the molecule is OC[C@@H](O)CNc1ccc(C(F)(F)F)cc1Cl. The number of aliphatic hydroxyl groups excluding tert-OH is 2. The molecule has 0 saturated carbocycles. The van der Waals surface area contributed by atoms with Crippen LogP contribution in [0.4, 0.5) is 18.9 Å². The quantitative estimate of drug-likeness (QED) is 0.785. The van der Waals surface area contributed by atoms with Crippen LogP contribution in [0.2, 0.25) is 5.02 Å². The van der Waals surface area contributed by atoms with E-state index in [9.17, 15) is 13.2 Å². The van der Waals surface area contributed by atoms with Gasteiger partial charge in [-0.2, -0.15) is 13.2 Å². The first-order valence-corrected chi connectivity index (χ1v) is 5.12. The molecule has 96 valence electrons. The predicted molar refractivity (Wildman–Crippen MR) is 58.0 cm³/mol. The molecule has 17 heavy (non-hydrogen) atoms. The van der Waals surface area contributed by atoms with Crippen molar-refractivity contribution in [2.75, 3.05) is 18.5 Å². The number of hydrogen-bond donors (Lipinski definition) is 3. The smallest absolute Gasteiger partial charge is 0.394 e. The first kappa shape index (κ1) is 14.1. The van der Waals surface area contributed by atoms with Crippen molar-refractivity contribution in [3.8, 4) is 0 Å². The number of nitrogens with one attached hydrogen (secondary N) is 1. The van der Waals surface area contributed by atoms with Gasteiger partial charge < -0.3 is 15.5 Å². The Morgan fingerprint density at radius 1 is 1.35 bits per heavy atom. The summed E-state index contributed by atoms with van der Waals surface area (Å²) in [6, 6.07) is 2.87. The zero-order valence-corrected chi connectivity index (χ0v) is 9.39. The monoisotopic (exact) mass is 269 g/mol. The fourth-order valence-electron chi connectivity index (χ4n) is 1.13. The molecular formula is C10H11ClF3NO2. The molecule has 0 fully saturated rings. The van der Waals surface area contributed by atoms with Crippen LogP contribution in [0.15, 0.2) is 18.2 Å². The van der Waals surface area contributed by atoms with Crippen LogP contribution in [0.25, 0.3) is 0 Å². The number of halogens is 4. The van der Waals surface area contributed by atoms with Gasteiger partial charge in [0.1, 0.15) is 0 Å². The average molecular weight is 270 g/mol. The lowest BCUT2D eigenvalue weighted by atomic mass is 10.2. The molecule has 0 bridgehead atoms. The van der Waals surface area contributed by atoms with Gasteiger partial charge in [-0.05, 0) is 18.2 Å². The summed E-state index contributed by atoms with van der Waals surface area (Å²) in [4.78, 5) is 0. The third-order valence-corrected chi connectivity index (χ3v) is 2.35. The average Bonchev–Trinajstić information content (AvgIpc) is 2.25. The van der Waals surface area contributed by atoms with E-state index in [1.165, 1.54) is 6.07 Å². The second kappa shape index (κ2) is 5.57. The molecule has 0 spiro atoms. The van der Waals surface area contributed by atoms with Crippen molar-refractivity contribution in [2.45, 2.75) is 12.3 Å². The second-order valence-corrected chi connectivity index (χ2v) is 3.82. The Labute approximate surface area is 101 Å². The van der Waals surface area contributed by atoms with Gasteiger partial charge in [-0.3, -0.25) is 0 Å². The van der Waals surface area contributed by atoms with Gasteiger partial charge in [0.25, 0.3) is 0 Å². The molecule has 0 aliphatic heterocycles. The number of aliphatic hydroxyl groups is 2. The summed E-state index contributed by atoms with van der Waals surface area (Å²) in [7, 11) is 0. The summed E-state index contributed by atoms with van der Waals surface area (Å²) >= 11 is 5.66. The minimum absolute atomic E-state index is 0.00157. The van der Waals surface area contributed by atoms with E-state index in [4.69, 9.17) is 21.8 Å². The highest BCUT2D eigenvalue weighted by Gasteiger charge is 2.30. The van der Waals surface area contributed by atoms with E-state index >= 15 is 0 Å². The fourth-order valence-corrected chi connectivity index (χ4v) is 1.37. The Bertz CT molecular complexity index is 384. The lowest BCUT2D eigenvalue weighted by Crippen LogP contribution is -2.23. The van der Waals surface area contributed by atoms with Gasteiger partial charge >= 0.3 is 6.18 Å². The lowest BCUT2D eigenvalue weighted by Gasteiger charge is -2.13. The summed E-state index contributed by atoms with van der Waals surface area (Å²) in [5, 5.41) is 20.2. The zero-order valence-electron chi connectivity index (χ0n) is 8.63. The van der Waals surface area contributed by atoms with Gasteiger partial charge in [0, 0.05) is 6.54 Å². The van der Waals surface area contributed by atoms with E-state index < -0.39 is 24.5 Å². The lowest BCUT2D eigenvalue weighted by molar-refractivity contribution is -0.137. The molecule has 0 aliphatic rings. The molecule has 0 amide bonds. The first-order chi connectivity index (χ1) is 7.84. The van der Waals surface area contributed by atoms with E-state index in [0.717, 1.165) is 12.1 Å². The Morgan fingerprint density at radius 3 is 2.47 bits per heavy atom. The van der Waals surface area contributed by atoms with E-state index in [2.05, 4.69) is 5.32 Å². The largest absolute Gasteiger partial charge is 0.416 e. The molecule has 1 aromatic carbocycles. The summed E-state index contributed by atoms with van der Waals surface area (Å²) in [5.41, 5.74) is -0.567. The van der Waals surface area contributed by atoms with E-state index in [-0.39, 0.29) is 17.3 Å². The minimum atomic E-state index is -4.44. The third-order valence-electron chi connectivity index (χ3n) is 2.04. The second-order valence-electron chi connectivity index (χ2n) is 3.41.